The van der Waals surface area contributed by atoms with Crippen LogP contribution in [0.3, 0.4) is 0 Å². The molecule has 0 bridgehead atoms. The number of rotatable bonds is 15. The molecule has 0 aliphatic heterocycles. The second kappa shape index (κ2) is 13.0. The lowest BCUT2D eigenvalue weighted by atomic mass is 10.1. The molecule has 0 spiro atoms. The molecule has 3 nitrogen and oxygen atoms in total. The summed E-state index contributed by atoms with van der Waals surface area (Å²) in [6.45, 7) is 4.49. The highest BCUT2D eigenvalue weighted by atomic mass is 16.5. The molecule has 0 aromatic heterocycles. The minimum Gasteiger partial charge on any atom is -0.497 e. The van der Waals surface area contributed by atoms with Crippen LogP contribution in [0.25, 0.3) is 0 Å². The average Bonchev–Trinajstić information content (AvgIpc) is 2.63. The first-order chi connectivity index (χ1) is 12.5. The molecule has 0 aliphatic carbocycles. The van der Waals surface area contributed by atoms with Gasteiger partial charge in [0.1, 0.15) is 18.0 Å². The topological polar surface area (TPSA) is 18.5 Å². The molecule has 0 saturated heterocycles. The molecule has 1 aromatic carbocycles. The van der Waals surface area contributed by atoms with Crippen LogP contribution in [0.15, 0.2) is 18.2 Å². The monoisotopic (exact) mass is 364 g/mol. The fraction of sp³-hybridized carbons (Fsp3) is 0.739. The first-order valence-corrected chi connectivity index (χ1v) is 10.6. The smallest absolute Gasteiger partial charge is 0.131 e. The zero-order chi connectivity index (χ0) is 19.3. The lowest BCUT2D eigenvalue weighted by molar-refractivity contribution is -0.903. The molecule has 0 heterocycles. The van der Waals surface area contributed by atoms with Crippen molar-refractivity contribution in [2.75, 3.05) is 34.9 Å². The van der Waals surface area contributed by atoms with Gasteiger partial charge in [-0.25, -0.2) is 0 Å². The Bertz CT molecular complexity index is 485. The van der Waals surface area contributed by atoms with E-state index in [4.69, 9.17) is 9.47 Å². The Balaban J connectivity index is 2.24. The largest absolute Gasteiger partial charge is 0.497 e. The van der Waals surface area contributed by atoms with Crippen molar-refractivity contribution < 1.29 is 14.0 Å². The van der Waals surface area contributed by atoms with E-state index >= 15 is 0 Å². The molecule has 1 aromatic rings. The van der Waals surface area contributed by atoms with Gasteiger partial charge in [-0.15, -0.1) is 0 Å². The summed E-state index contributed by atoms with van der Waals surface area (Å²) in [4.78, 5) is 0. The molecule has 150 valence electrons. The number of hydrogen-bond donors (Lipinski definition) is 0. The summed E-state index contributed by atoms with van der Waals surface area (Å²) in [7, 11) is 8.06. The summed E-state index contributed by atoms with van der Waals surface area (Å²) in [6, 6.07) is 6.14. The minimum atomic E-state index is 0.852. The zero-order valence-electron chi connectivity index (χ0n) is 18.0. The van der Waals surface area contributed by atoms with Gasteiger partial charge in [0.25, 0.3) is 0 Å². The number of unbranched alkanes of at least 4 members (excludes halogenated alkanes) is 9. The highest BCUT2D eigenvalue weighted by molar-refractivity contribution is 5.40. The highest BCUT2D eigenvalue weighted by Gasteiger charge is 2.18. The van der Waals surface area contributed by atoms with Crippen LogP contribution in [0, 0.1) is 0 Å². The second-order valence-corrected chi connectivity index (χ2v) is 8.18. The Hall–Kier alpha value is -1.22. The van der Waals surface area contributed by atoms with Crippen LogP contribution in [0.4, 0.5) is 0 Å². The normalized spacial score (nSPS) is 11.6. The van der Waals surface area contributed by atoms with Gasteiger partial charge in [-0.05, 0) is 25.0 Å². The summed E-state index contributed by atoms with van der Waals surface area (Å²) >= 11 is 0. The second-order valence-electron chi connectivity index (χ2n) is 8.18. The SMILES string of the molecule is CCCCCCCCCCCC[N+](C)(C)Cc1ccc(OC)cc1OC. The third-order valence-corrected chi connectivity index (χ3v) is 5.21. The quantitative estimate of drug-likeness (QED) is 0.272. The van der Waals surface area contributed by atoms with E-state index in [1.165, 1.54) is 76.3 Å². The van der Waals surface area contributed by atoms with Gasteiger partial charge in [0, 0.05) is 11.6 Å². The predicted molar refractivity (Wildman–Crippen MR) is 112 cm³/mol. The van der Waals surface area contributed by atoms with Crippen LogP contribution in [0.2, 0.25) is 0 Å². The van der Waals surface area contributed by atoms with Gasteiger partial charge in [-0.2, -0.15) is 0 Å². The van der Waals surface area contributed by atoms with Crippen molar-refractivity contribution in [3.05, 3.63) is 23.8 Å². The first kappa shape index (κ1) is 22.8. The summed E-state index contributed by atoms with van der Waals surface area (Å²) in [5, 5.41) is 0. The fourth-order valence-corrected chi connectivity index (χ4v) is 3.55. The Morgan fingerprint density at radius 2 is 1.35 bits per heavy atom. The van der Waals surface area contributed by atoms with E-state index < -0.39 is 0 Å². The van der Waals surface area contributed by atoms with Crippen molar-refractivity contribution in [2.24, 2.45) is 0 Å². The van der Waals surface area contributed by atoms with Gasteiger partial charge in [0.2, 0.25) is 0 Å². The molecular formula is C23H42NO2+. The van der Waals surface area contributed by atoms with Gasteiger partial charge in [0.05, 0.1) is 34.9 Å². The minimum absolute atomic E-state index is 0.852. The number of methoxy groups -OCH3 is 2. The van der Waals surface area contributed by atoms with Gasteiger partial charge < -0.3 is 14.0 Å². The van der Waals surface area contributed by atoms with Crippen molar-refractivity contribution in [3.63, 3.8) is 0 Å². The first-order valence-electron chi connectivity index (χ1n) is 10.6. The molecule has 0 atom stereocenters. The average molecular weight is 365 g/mol. The number of quaternary nitrogens is 1. The maximum atomic E-state index is 5.55. The highest BCUT2D eigenvalue weighted by Crippen LogP contribution is 2.27. The van der Waals surface area contributed by atoms with Crippen molar-refractivity contribution in [3.8, 4) is 11.5 Å². The molecule has 0 N–H and O–H groups in total. The van der Waals surface area contributed by atoms with Crippen molar-refractivity contribution in [1.82, 2.24) is 0 Å². The van der Waals surface area contributed by atoms with Gasteiger partial charge in [-0.1, -0.05) is 58.3 Å². The molecule has 0 aliphatic rings. The molecule has 26 heavy (non-hydrogen) atoms. The summed E-state index contributed by atoms with van der Waals surface area (Å²) < 4.78 is 11.8. The van der Waals surface area contributed by atoms with Crippen LogP contribution in [-0.2, 0) is 6.54 Å². The van der Waals surface area contributed by atoms with Gasteiger partial charge >= 0.3 is 0 Å². The van der Waals surface area contributed by atoms with Crippen molar-refractivity contribution >= 4 is 0 Å². The standard InChI is InChI=1S/C23H42NO2/c1-6-7-8-9-10-11-12-13-14-15-18-24(2,3)20-21-16-17-22(25-4)19-23(21)26-5/h16-17,19H,6-15,18,20H2,1-5H3/q+1. The Labute approximate surface area is 162 Å². The van der Waals surface area contributed by atoms with E-state index in [0.717, 1.165) is 22.5 Å². The Kier molecular flexibility index (Phi) is 11.4. The van der Waals surface area contributed by atoms with E-state index in [9.17, 15) is 0 Å². The lowest BCUT2D eigenvalue weighted by Crippen LogP contribution is -2.39. The number of hydrogen-bond acceptors (Lipinski definition) is 2. The van der Waals surface area contributed by atoms with Crippen molar-refractivity contribution in [2.45, 2.75) is 77.7 Å². The van der Waals surface area contributed by atoms with Crippen LogP contribution in [0.5, 0.6) is 11.5 Å². The van der Waals surface area contributed by atoms with E-state index in [0.29, 0.717) is 0 Å². The van der Waals surface area contributed by atoms with E-state index in [-0.39, 0.29) is 0 Å². The summed E-state index contributed by atoms with van der Waals surface area (Å²) in [6.07, 6.45) is 13.9. The van der Waals surface area contributed by atoms with E-state index in [1.54, 1.807) is 14.2 Å². The maximum Gasteiger partial charge on any atom is 0.131 e. The van der Waals surface area contributed by atoms with Crippen LogP contribution in [0.1, 0.15) is 76.7 Å². The maximum absolute atomic E-state index is 5.55. The summed E-state index contributed by atoms with van der Waals surface area (Å²) in [5.41, 5.74) is 1.25. The zero-order valence-corrected chi connectivity index (χ0v) is 18.0. The third kappa shape index (κ3) is 9.47. The van der Waals surface area contributed by atoms with E-state index in [1.807, 2.05) is 12.1 Å². The molecule has 0 amide bonds. The molecule has 0 unspecified atom stereocenters. The molecule has 0 radical (unpaired) electrons. The van der Waals surface area contributed by atoms with Crippen LogP contribution < -0.4 is 9.47 Å². The third-order valence-electron chi connectivity index (χ3n) is 5.21. The Morgan fingerprint density at radius 3 is 1.88 bits per heavy atom. The molecule has 0 saturated carbocycles. The molecule has 3 heteroatoms. The lowest BCUT2D eigenvalue weighted by Gasteiger charge is -2.30. The van der Waals surface area contributed by atoms with Gasteiger partial charge in [0.15, 0.2) is 0 Å². The number of ether oxygens (including phenoxy) is 2. The van der Waals surface area contributed by atoms with Gasteiger partial charge in [-0.3, -0.25) is 0 Å². The summed E-state index contributed by atoms with van der Waals surface area (Å²) in [5.74, 6) is 1.78. The van der Waals surface area contributed by atoms with E-state index in [2.05, 4.69) is 27.1 Å². The van der Waals surface area contributed by atoms with Crippen LogP contribution >= 0.6 is 0 Å². The van der Waals surface area contributed by atoms with Crippen molar-refractivity contribution in [1.29, 1.82) is 0 Å². The molecular weight excluding hydrogens is 322 g/mol. The fourth-order valence-electron chi connectivity index (χ4n) is 3.55. The number of benzene rings is 1. The van der Waals surface area contributed by atoms with Crippen LogP contribution in [-0.4, -0.2) is 39.3 Å². The Morgan fingerprint density at radius 1 is 0.769 bits per heavy atom. The molecule has 1 rings (SSSR count). The number of nitrogens with zero attached hydrogens (tertiary/aromatic N) is 1. The predicted octanol–water partition coefficient (Wildman–Crippen LogP) is 6.20. The molecule has 0 fully saturated rings.